The third-order valence-electron chi connectivity index (χ3n) is 5.21. The maximum Gasteiger partial charge on any atom is 0.253 e. The fraction of sp³-hybridized carbons (Fsp3) is 0.429. The molecule has 3 N–H and O–H groups in total. The summed E-state index contributed by atoms with van der Waals surface area (Å²) in [6, 6.07) is 9.63. The van der Waals surface area contributed by atoms with Gasteiger partial charge in [0, 0.05) is 30.5 Å². The number of carbonyl (C=O) groups is 1. The summed E-state index contributed by atoms with van der Waals surface area (Å²) < 4.78 is 5.19. The van der Waals surface area contributed by atoms with Crippen LogP contribution in [0.25, 0.3) is 11.1 Å². The SMILES string of the molecule is COc1ccc(-c2cncc(C(=O)NC(CN)C3CCCCC3)c2)cc1.Cl.Cl. The van der Waals surface area contributed by atoms with Gasteiger partial charge in [-0.3, -0.25) is 9.78 Å². The molecule has 0 radical (unpaired) electrons. The normalized spacial score (nSPS) is 14.9. The molecule has 0 saturated heterocycles. The summed E-state index contributed by atoms with van der Waals surface area (Å²) in [6.45, 7) is 0.474. The van der Waals surface area contributed by atoms with Gasteiger partial charge in [0.25, 0.3) is 5.91 Å². The lowest BCUT2D eigenvalue weighted by Gasteiger charge is -2.30. The summed E-state index contributed by atoms with van der Waals surface area (Å²) in [7, 11) is 1.64. The molecule has 0 bridgehead atoms. The molecule has 7 heteroatoms. The van der Waals surface area contributed by atoms with Crippen molar-refractivity contribution < 1.29 is 9.53 Å². The van der Waals surface area contributed by atoms with E-state index in [-0.39, 0.29) is 36.8 Å². The highest BCUT2D eigenvalue weighted by Crippen LogP contribution is 2.27. The molecule has 1 aromatic heterocycles. The average molecular weight is 426 g/mol. The van der Waals surface area contributed by atoms with Crippen molar-refractivity contribution in [2.24, 2.45) is 11.7 Å². The van der Waals surface area contributed by atoms with Gasteiger partial charge in [-0.15, -0.1) is 24.8 Å². The Bertz CT molecular complexity index is 735. The molecule has 1 saturated carbocycles. The molecule has 1 amide bonds. The van der Waals surface area contributed by atoms with Gasteiger partial charge in [0.05, 0.1) is 12.7 Å². The van der Waals surface area contributed by atoms with Crippen LogP contribution < -0.4 is 15.8 Å². The van der Waals surface area contributed by atoms with Gasteiger partial charge in [-0.25, -0.2) is 0 Å². The maximum absolute atomic E-state index is 12.7. The number of hydrogen-bond acceptors (Lipinski definition) is 4. The molecular formula is C21H29Cl2N3O2. The Kier molecular flexibility index (Phi) is 10.3. The minimum atomic E-state index is -0.103. The van der Waals surface area contributed by atoms with Crippen molar-refractivity contribution in [1.29, 1.82) is 0 Å². The van der Waals surface area contributed by atoms with Crippen molar-refractivity contribution in [3.63, 3.8) is 0 Å². The van der Waals surface area contributed by atoms with Crippen LogP contribution in [0.15, 0.2) is 42.7 Å². The molecule has 1 fully saturated rings. The highest BCUT2D eigenvalue weighted by Gasteiger charge is 2.24. The number of halogens is 2. The standard InChI is InChI=1S/C21H27N3O2.2ClH/c1-26-19-9-7-15(8-10-19)17-11-18(14-23-13-17)21(25)24-20(12-22)16-5-3-2-4-6-16;;/h7-11,13-14,16,20H,2-6,12,22H2,1H3,(H,24,25);2*1H. The van der Waals surface area contributed by atoms with Crippen molar-refractivity contribution in [3.8, 4) is 16.9 Å². The Morgan fingerprint density at radius 2 is 1.82 bits per heavy atom. The van der Waals surface area contributed by atoms with Gasteiger partial charge in [-0.05, 0) is 42.5 Å². The lowest BCUT2D eigenvalue weighted by molar-refractivity contribution is 0.0915. The summed E-state index contributed by atoms with van der Waals surface area (Å²) in [4.78, 5) is 17.0. The predicted molar refractivity (Wildman–Crippen MR) is 118 cm³/mol. The van der Waals surface area contributed by atoms with Crippen LogP contribution in [0.4, 0.5) is 0 Å². The zero-order valence-electron chi connectivity index (χ0n) is 16.1. The molecule has 0 aliphatic heterocycles. The van der Waals surface area contributed by atoms with Crippen LogP contribution in [0, 0.1) is 5.92 Å². The first-order valence-corrected chi connectivity index (χ1v) is 9.31. The van der Waals surface area contributed by atoms with Crippen molar-refractivity contribution in [1.82, 2.24) is 10.3 Å². The Labute approximate surface area is 179 Å². The molecule has 1 atom stereocenters. The molecule has 1 aromatic carbocycles. The van der Waals surface area contributed by atoms with E-state index in [1.807, 2.05) is 30.3 Å². The Morgan fingerprint density at radius 3 is 2.43 bits per heavy atom. The highest BCUT2D eigenvalue weighted by molar-refractivity contribution is 5.95. The Morgan fingerprint density at radius 1 is 1.14 bits per heavy atom. The first kappa shape index (κ1) is 24.2. The number of pyridine rings is 1. The van der Waals surface area contributed by atoms with E-state index in [4.69, 9.17) is 10.5 Å². The van der Waals surface area contributed by atoms with Crippen LogP contribution in [0.2, 0.25) is 0 Å². The summed E-state index contributed by atoms with van der Waals surface area (Å²) in [5, 5.41) is 3.13. The van der Waals surface area contributed by atoms with E-state index in [0.29, 0.717) is 18.0 Å². The van der Waals surface area contributed by atoms with E-state index < -0.39 is 0 Å². The van der Waals surface area contributed by atoms with Gasteiger partial charge >= 0.3 is 0 Å². The van der Waals surface area contributed by atoms with Gasteiger partial charge in [0.1, 0.15) is 5.75 Å². The number of benzene rings is 1. The molecular weight excluding hydrogens is 397 g/mol. The van der Waals surface area contributed by atoms with Crippen LogP contribution in [-0.4, -0.2) is 30.6 Å². The zero-order valence-corrected chi connectivity index (χ0v) is 17.7. The molecule has 154 valence electrons. The van der Waals surface area contributed by atoms with Gasteiger partial charge in [-0.2, -0.15) is 0 Å². The van der Waals surface area contributed by atoms with E-state index in [1.165, 1.54) is 19.3 Å². The van der Waals surface area contributed by atoms with E-state index in [9.17, 15) is 4.79 Å². The van der Waals surface area contributed by atoms with Crippen LogP contribution in [0.3, 0.4) is 0 Å². The molecule has 0 spiro atoms. The fourth-order valence-corrected chi connectivity index (χ4v) is 3.66. The maximum atomic E-state index is 12.7. The first-order valence-electron chi connectivity index (χ1n) is 9.31. The fourth-order valence-electron chi connectivity index (χ4n) is 3.66. The van der Waals surface area contributed by atoms with E-state index in [0.717, 1.165) is 29.7 Å². The van der Waals surface area contributed by atoms with Crippen LogP contribution in [0.1, 0.15) is 42.5 Å². The predicted octanol–water partition coefficient (Wildman–Crippen LogP) is 4.24. The van der Waals surface area contributed by atoms with Crippen molar-refractivity contribution in [2.45, 2.75) is 38.1 Å². The molecule has 1 aliphatic rings. The smallest absolute Gasteiger partial charge is 0.253 e. The van der Waals surface area contributed by atoms with Crippen molar-refractivity contribution in [3.05, 3.63) is 48.3 Å². The van der Waals surface area contributed by atoms with E-state index in [2.05, 4.69) is 10.3 Å². The second-order valence-corrected chi connectivity index (χ2v) is 6.90. The Hall–Kier alpha value is -1.82. The second-order valence-electron chi connectivity index (χ2n) is 6.90. The summed E-state index contributed by atoms with van der Waals surface area (Å²) in [6.07, 6.45) is 9.40. The summed E-state index contributed by atoms with van der Waals surface area (Å²) >= 11 is 0. The van der Waals surface area contributed by atoms with E-state index in [1.54, 1.807) is 19.5 Å². The Balaban J connectivity index is 0.00000196. The molecule has 3 rings (SSSR count). The topological polar surface area (TPSA) is 77.2 Å². The number of amides is 1. The van der Waals surface area contributed by atoms with Crippen LogP contribution in [0.5, 0.6) is 5.75 Å². The zero-order chi connectivity index (χ0) is 18.4. The number of ether oxygens (including phenoxy) is 1. The van der Waals surface area contributed by atoms with E-state index >= 15 is 0 Å². The first-order chi connectivity index (χ1) is 12.7. The molecule has 1 heterocycles. The number of hydrogen-bond donors (Lipinski definition) is 2. The second kappa shape index (κ2) is 11.9. The molecule has 1 aliphatic carbocycles. The number of methoxy groups -OCH3 is 1. The summed E-state index contributed by atoms with van der Waals surface area (Å²) in [5.41, 5.74) is 8.40. The van der Waals surface area contributed by atoms with Crippen LogP contribution in [-0.2, 0) is 0 Å². The lowest BCUT2D eigenvalue weighted by atomic mass is 9.84. The largest absolute Gasteiger partial charge is 0.497 e. The van der Waals surface area contributed by atoms with Gasteiger partial charge in [0.15, 0.2) is 0 Å². The van der Waals surface area contributed by atoms with Crippen molar-refractivity contribution >= 4 is 30.7 Å². The minimum Gasteiger partial charge on any atom is -0.497 e. The number of nitrogens with one attached hydrogen (secondary N) is 1. The van der Waals surface area contributed by atoms with Crippen LogP contribution >= 0.6 is 24.8 Å². The molecule has 2 aromatic rings. The average Bonchev–Trinajstić information content (AvgIpc) is 2.72. The number of aromatic nitrogens is 1. The monoisotopic (exact) mass is 425 g/mol. The van der Waals surface area contributed by atoms with Gasteiger partial charge in [0.2, 0.25) is 0 Å². The number of rotatable bonds is 6. The minimum absolute atomic E-state index is 0. The lowest BCUT2D eigenvalue weighted by Crippen LogP contribution is -2.45. The molecule has 28 heavy (non-hydrogen) atoms. The van der Waals surface area contributed by atoms with Crippen molar-refractivity contribution in [2.75, 3.05) is 13.7 Å². The number of carbonyl (C=O) groups excluding carboxylic acids is 1. The number of nitrogens with two attached hydrogens (primary N) is 1. The third kappa shape index (κ3) is 6.09. The molecule has 1 unspecified atom stereocenters. The van der Waals surface area contributed by atoms with Gasteiger partial charge < -0.3 is 15.8 Å². The summed E-state index contributed by atoms with van der Waals surface area (Å²) in [5.74, 6) is 1.18. The third-order valence-corrected chi connectivity index (χ3v) is 5.21. The quantitative estimate of drug-likeness (QED) is 0.725. The molecule has 5 nitrogen and oxygen atoms in total. The van der Waals surface area contributed by atoms with Gasteiger partial charge in [-0.1, -0.05) is 31.4 Å². The number of nitrogens with zero attached hydrogens (tertiary/aromatic N) is 1. The highest BCUT2D eigenvalue weighted by atomic mass is 35.5.